The predicted molar refractivity (Wildman–Crippen MR) is 101 cm³/mol. The smallest absolute Gasteiger partial charge is 0.142 e. The first-order valence-electron chi connectivity index (χ1n) is 8.24. The Balaban J connectivity index is 2.07. The van der Waals surface area contributed by atoms with Crippen molar-refractivity contribution in [3.63, 3.8) is 0 Å². The summed E-state index contributed by atoms with van der Waals surface area (Å²) < 4.78 is 2.43. The second-order valence-corrected chi connectivity index (χ2v) is 7.81. The average Bonchev–Trinajstić information content (AvgIpc) is 3.20. The highest BCUT2D eigenvalue weighted by Crippen LogP contribution is 2.38. The van der Waals surface area contributed by atoms with Crippen molar-refractivity contribution in [3.8, 4) is 11.1 Å². The van der Waals surface area contributed by atoms with E-state index in [1.165, 1.54) is 33.4 Å². The van der Waals surface area contributed by atoms with Crippen LogP contribution in [0.1, 0.15) is 25.1 Å². The largest absolute Gasteiger partial charge is 0.329 e. The molecule has 0 radical (unpaired) electrons. The first-order valence-corrected chi connectivity index (χ1v) is 10.2. The Bertz CT molecular complexity index is 834. The number of nitrogens with zero attached hydrogens (tertiary/aromatic N) is 2. The van der Waals surface area contributed by atoms with Gasteiger partial charge in [-0.3, -0.25) is 0 Å². The standard InChI is InChI=1S/C18H21N3S2/c1-3-21-15-5-7-19-10-14(15)17-13(12-6-8-22-11-12)9-16(23-4-2)20-18(17)21/h6,8-9,11,19H,3-5,7,10H2,1-2H3. The monoisotopic (exact) mass is 343 g/mol. The van der Waals surface area contributed by atoms with Crippen LogP contribution in [0.25, 0.3) is 22.2 Å². The van der Waals surface area contributed by atoms with Crippen LogP contribution < -0.4 is 5.32 Å². The molecule has 0 saturated carbocycles. The molecule has 0 spiro atoms. The molecule has 3 nitrogen and oxygen atoms in total. The van der Waals surface area contributed by atoms with Crippen molar-refractivity contribution in [1.82, 2.24) is 14.9 Å². The van der Waals surface area contributed by atoms with Gasteiger partial charge in [0, 0.05) is 37.1 Å². The van der Waals surface area contributed by atoms with E-state index in [9.17, 15) is 0 Å². The molecule has 0 saturated heterocycles. The third-order valence-corrected chi connectivity index (χ3v) is 5.97. The number of hydrogen-bond donors (Lipinski definition) is 1. The van der Waals surface area contributed by atoms with Gasteiger partial charge in [0.2, 0.25) is 0 Å². The minimum atomic E-state index is 0.956. The number of nitrogens with one attached hydrogen (secondary N) is 1. The van der Waals surface area contributed by atoms with Crippen LogP contribution in [0.2, 0.25) is 0 Å². The molecule has 4 rings (SSSR count). The molecule has 3 aromatic heterocycles. The number of rotatable bonds is 4. The molecule has 5 heteroatoms. The summed E-state index contributed by atoms with van der Waals surface area (Å²) in [5.74, 6) is 1.05. The van der Waals surface area contributed by atoms with Gasteiger partial charge >= 0.3 is 0 Å². The highest BCUT2D eigenvalue weighted by Gasteiger charge is 2.23. The Morgan fingerprint density at radius 1 is 1.39 bits per heavy atom. The van der Waals surface area contributed by atoms with Crippen LogP contribution >= 0.6 is 23.1 Å². The lowest BCUT2D eigenvalue weighted by Gasteiger charge is -2.16. The van der Waals surface area contributed by atoms with Crippen LogP contribution in [-0.4, -0.2) is 21.8 Å². The zero-order chi connectivity index (χ0) is 15.8. The van der Waals surface area contributed by atoms with E-state index < -0.39 is 0 Å². The molecule has 0 atom stereocenters. The minimum Gasteiger partial charge on any atom is -0.329 e. The molecule has 0 fully saturated rings. The molecule has 23 heavy (non-hydrogen) atoms. The number of hydrogen-bond acceptors (Lipinski definition) is 4. The van der Waals surface area contributed by atoms with E-state index in [2.05, 4.69) is 46.6 Å². The van der Waals surface area contributed by atoms with E-state index in [1.807, 2.05) is 11.8 Å². The molecule has 3 aromatic rings. The first-order chi connectivity index (χ1) is 11.3. The van der Waals surface area contributed by atoms with Crippen LogP contribution in [0.4, 0.5) is 0 Å². The normalized spacial score (nSPS) is 14.3. The fourth-order valence-corrected chi connectivity index (χ4v) is 4.84. The van der Waals surface area contributed by atoms with Gasteiger partial charge in [-0.2, -0.15) is 11.3 Å². The summed E-state index contributed by atoms with van der Waals surface area (Å²) in [6.45, 7) is 7.43. The van der Waals surface area contributed by atoms with Crippen molar-refractivity contribution in [2.75, 3.05) is 12.3 Å². The summed E-state index contributed by atoms with van der Waals surface area (Å²) in [5, 5.41) is 10.4. The molecule has 0 unspecified atom stereocenters. The van der Waals surface area contributed by atoms with Crippen LogP contribution in [0.5, 0.6) is 0 Å². The number of aryl methyl sites for hydroxylation is 1. The number of thiophene rings is 1. The molecular weight excluding hydrogens is 322 g/mol. The lowest BCUT2D eigenvalue weighted by Crippen LogP contribution is -2.24. The second kappa shape index (κ2) is 6.30. The highest BCUT2D eigenvalue weighted by atomic mass is 32.2. The lowest BCUT2D eigenvalue weighted by molar-refractivity contribution is 0.605. The Morgan fingerprint density at radius 2 is 2.30 bits per heavy atom. The van der Waals surface area contributed by atoms with Gasteiger partial charge < -0.3 is 9.88 Å². The Morgan fingerprint density at radius 3 is 3.04 bits per heavy atom. The summed E-state index contributed by atoms with van der Waals surface area (Å²) in [7, 11) is 0. The zero-order valence-electron chi connectivity index (χ0n) is 13.6. The third kappa shape index (κ3) is 2.51. The van der Waals surface area contributed by atoms with Crippen LogP contribution in [0.15, 0.2) is 27.9 Å². The number of thioether (sulfide) groups is 1. The molecule has 1 aliphatic rings. The fraction of sp³-hybridized carbons (Fsp3) is 0.389. The van der Waals surface area contributed by atoms with Crippen LogP contribution in [0, 0.1) is 0 Å². The molecule has 4 heterocycles. The van der Waals surface area contributed by atoms with E-state index in [1.54, 1.807) is 11.3 Å². The van der Waals surface area contributed by atoms with Crippen molar-refractivity contribution in [2.24, 2.45) is 0 Å². The quantitative estimate of drug-likeness (QED) is 0.705. The molecule has 1 N–H and O–H groups in total. The summed E-state index contributed by atoms with van der Waals surface area (Å²) in [5.41, 5.74) is 6.76. The van der Waals surface area contributed by atoms with Crippen molar-refractivity contribution < 1.29 is 0 Å². The maximum Gasteiger partial charge on any atom is 0.142 e. The van der Waals surface area contributed by atoms with E-state index >= 15 is 0 Å². The molecule has 120 valence electrons. The Kier molecular flexibility index (Phi) is 4.18. The minimum absolute atomic E-state index is 0.956. The van der Waals surface area contributed by atoms with Gasteiger partial charge in [-0.25, -0.2) is 4.98 Å². The zero-order valence-corrected chi connectivity index (χ0v) is 15.2. The molecule has 1 aliphatic heterocycles. The SMILES string of the molecule is CCSc1cc(-c2ccsc2)c2c3c(n(CC)c2n1)CCNC3. The van der Waals surface area contributed by atoms with Gasteiger partial charge in [0.15, 0.2) is 0 Å². The van der Waals surface area contributed by atoms with Crippen LogP contribution in [0.3, 0.4) is 0 Å². The maximum absolute atomic E-state index is 5.01. The Hall–Kier alpha value is -1.30. The molecule has 0 aromatic carbocycles. The molecule has 0 amide bonds. The van der Waals surface area contributed by atoms with E-state index in [4.69, 9.17) is 4.98 Å². The predicted octanol–water partition coefficient (Wildman–Crippen LogP) is 4.54. The average molecular weight is 344 g/mol. The Labute approximate surface area is 145 Å². The summed E-state index contributed by atoms with van der Waals surface area (Å²) in [4.78, 5) is 5.01. The second-order valence-electron chi connectivity index (χ2n) is 5.75. The molecule has 0 aliphatic carbocycles. The van der Waals surface area contributed by atoms with Gasteiger partial charge in [0.25, 0.3) is 0 Å². The van der Waals surface area contributed by atoms with Crippen molar-refractivity contribution >= 4 is 34.1 Å². The summed E-state index contributed by atoms with van der Waals surface area (Å²) in [6, 6.07) is 4.51. The van der Waals surface area contributed by atoms with Crippen LogP contribution in [-0.2, 0) is 19.5 Å². The topological polar surface area (TPSA) is 29.9 Å². The lowest BCUT2D eigenvalue weighted by atomic mass is 10.0. The fourth-order valence-electron chi connectivity index (χ4n) is 3.54. The number of aromatic nitrogens is 2. The number of pyridine rings is 1. The van der Waals surface area contributed by atoms with Crippen molar-refractivity contribution in [2.45, 2.75) is 38.4 Å². The summed E-state index contributed by atoms with van der Waals surface area (Å²) >= 11 is 3.59. The first kappa shape index (κ1) is 15.2. The van der Waals surface area contributed by atoms with E-state index in [-0.39, 0.29) is 0 Å². The maximum atomic E-state index is 5.01. The third-order valence-electron chi connectivity index (χ3n) is 4.49. The van der Waals surface area contributed by atoms with Crippen molar-refractivity contribution in [1.29, 1.82) is 0 Å². The van der Waals surface area contributed by atoms with E-state index in [0.717, 1.165) is 36.8 Å². The van der Waals surface area contributed by atoms with Gasteiger partial charge in [-0.15, -0.1) is 11.8 Å². The van der Waals surface area contributed by atoms with Gasteiger partial charge in [-0.05, 0) is 52.3 Å². The van der Waals surface area contributed by atoms with Gasteiger partial charge in [-0.1, -0.05) is 6.92 Å². The van der Waals surface area contributed by atoms with Gasteiger partial charge in [0.1, 0.15) is 5.65 Å². The molecular formula is C18H21N3S2. The van der Waals surface area contributed by atoms with Crippen molar-refractivity contribution in [3.05, 3.63) is 34.2 Å². The highest BCUT2D eigenvalue weighted by molar-refractivity contribution is 7.99. The summed E-state index contributed by atoms with van der Waals surface area (Å²) in [6.07, 6.45) is 1.10. The van der Waals surface area contributed by atoms with Gasteiger partial charge in [0.05, 0.1) is 5.03 Å². The molecule has 0 bridgehead atoms. The van der Waals surface area contributed by atoms with E-state index in [0.29, 0.717) is 0 Å². The number of fused-ring (bicyclic) bond motifs is 3.